The highest BCUT2D eigenvalue weighted by molar-refractivity contribution is 5.90. The molecule has 1 aromatic heterocycles. The van der Waals surface area contributed by atoms with Gasteiger partial charge in [0.25, 0.3) is 0 Å². The summed E-state index contributed by atoms with van der Waals surface area (Å²) in [5, 5.41) is 0. The predicted octanol–water partition coefficient (Wildman–Crippen LogP) is 2.77. The minimum Gasteiger partial charge on any atom is -0.488 e. The largest absolute Gasteiger partial charge is 0.488 e. The fourth-order valence-electron chi connectivity index (χ4n) is 2.40. The molecule has 0 atom stereocenters. The van der Waals surface area contributed by atoms with E-state index in [1.54, 1.807) is 36.4 Å². The topological polar surface area (TPSA) is 70.1 Å². The first kappa shape index (κ1) is 16.2. The number of para-hydroxylation sites is 1. The van der Waals surface area contributed by atoms with Crippen LogP contribution in [-0.2, 0) is 9.47 Å². The molecule has 0 radical (unpaired) electrons. The number of nitrogens with zero attached hydrogens (tertiary/aromatic N) is 2. The minimum atomic E-state index is -0.621. The molecule has 2 aromatic rings. The summed E-state index contributed by atoms with van der Waals surface area (Å²) in [5.41, 5.74) is 0.543. The fourth-order valence-corrected chi connectivity index (χ4v) is 2.40. The van der Waals surface area contributed by atoms with Crippen molar-refractivity contribution >= 4 is 11.9 Å². The van der Waals surface area contributed by atoms with E-state index >= 15 is 0 Å². The molecule has 0 fully saturated rings. The lowest BCUT2D eigenvalue weighted by atomic mass is 10.3. The van der Waals surface area contributed by atoms with Crippen molar-refractivity contribution in [1.29, 1.82) is 0 Å². The van der Waals surface area contributed by atoms with E-state index in [0.717, 1.165) is 0 Å². The molecule has 126 valence electrons. The first-order chi connectivity index (χ1) is 11.7. The van der Waals surface area contributed by atoms with Crippen LogP contribution in [0.1, 0.15) is 12.0 Å². The number of hydrogen-bond acceptors (Lipinski definition) is 6. The van der Waals surface area contributed by atoms with Gasteiger partial charge >= 0.3 is 6.09 Å². The Morgan fingerprint density at radius 2 is 1.92 bits per heavy atom. The van der Waals surface area contributed by atoms with Crippen LogP contribution in [-0.4, -0.2) is 38.4 Å². The molecule has 0 saturated heterocycles. The van der Waals surface area contributed by atoms with Gasteiger partial charge in [0, 0.05) is 14.2 Å². The van der Waals surface area contributed by atoms with Crippen molar-refractivity contribution in [3.63, 3.8) is 0 Å². The van der Waals surface area contributed by atoms with E-state index in [1.165, 1.54) is 19.1 Å². The second-order valence-corrected chi connectivity index (χ2v) is 5.04. The van der Waals surface area contributed by atoms with Gasteiger partial charge in [0.05, 0.1) is 12.2 Å². The Balaban J connectivity index is 1.86. The number of anilines is 1. The van der Waals surface area contributed by atoms with Crippen molar-refractivity contribution in [1.82, 2.24) is 4.98 Å². The van der Waals surface area contributed by atoms with Crippen LogP contribution in [0, 0.1) is 0 Å². The van der Waals surface area contributed by atoms with Crippen molar-refractivity contribution in [3.05, 3.63) is 48.2 Å². The first-order valence-electron chi connectivity index (χ1n) is 7.46. The van der Waals surface area contributed by atoms with Crippen LogP contribution >= 0.6 is 0 Å². The fraction of sp³-hybridized carbons (Fsp3) is 0.294. The Hall–Kier alpha value is -2.64. The highest BCUT2D eigenvalue weighted by Gasteiger charge is 2.28. The lowest BCUT2D eigenvalue weighted by Crippen LogP contribution is -2.40. The number of carbonyl (C=O) groups is 1. The molecule has 0 bridgehead atoms. The van der Waals surface area contributed by atoms with Gasteiger partial charge in [-0.15, -0.1) is 0 Å². The van der Waals surface area contributed by atoms with Gasteiger partial charge in [-0.3, -0.25) is 4.90 Å². The van der Waals surface area contributed by atoms with Gasteiger partial charge in [0.15, 0.2) is 11.6 Å². The summed E-state index contributed by atoms with van der Waals surface area (Å²) in [4.78, 5) is 18.4. The SMILES string of the molecule is CO[13CH](OC)c1ccc2c(n1)N(C(=O)Oc1ccccc1)CCO2. The summed E-state index contributed by atoms with van der Waals surface area (Å²) in [5.74, 6) is 1.37. The van der Waals surface area contributed by atoms with Crippen molar-refractivity contribution in [2.45, 2.75) is 6.29 Å². The molecular weight excluding hydrogens is 313 g/mol. The maximum Gasteiger partial charge on any atom is 0.421 e. The minimum absolute atomic E-state index is 0.347. The van der Waals surface area contributed by atoms with E-state index in [9.17, 15) is 4.79 Å². The third kappa shape index (κ3) is 3.32. The quantitative estimate of drug-likeness (QED) is 0.634. The monoisotopic (exact) mass is 331 g/mol. The average molecular weight is 331 g/mol. The van der Waals surface area contributed by atoms with Crippen molar-refractivity contribution < 1.29 is 23.7 Å². The number of rotatable bonds is 4. The van der Waals surface area contributed by atoms with Crippen LogP contribution in [0.4, 0.5) is 10.6 Å². The summed E-state index contributed by atoms with van der Waals surface area (Å²) >= 11 is 0. The van der Waals surface area contributed by atoms with Crippen LogP contribution in [0.3, 0.4) is 0 Å². The summed E-state index contributed by atoms with van der Waals surface area (Å²) in [7, 11) is 3.04. The Kier molecular flexibility index (Phi) is 4.93. The lowest BCUT2D eigenvalue weighted by molar-refractivity contribution is -0.108. The number of methoxy groups -OCH3 is 2. The number of benzene rings is 1. The van der Waals surface area contributed by atoms with Crippen molar-refractivity contribution in [3.8, 4) is 11.5 Å². The van der Waals surface area contributed by atoms with E-state index in [-0.39, 0.29) is 0 Å². The number of amides is 1. The van der Waals surface area contributed by atoms with Gasteiger partial charge < -0.3 is 18.9 Å². The molecule has 1 aliphatic rings. The molecular formula is C17H18N2O5. The molecule has 0 unspecified atom stereocenters. The van der Waals surface area contributed by atoms with Crippen molar-refractivity contribution in [2.75, 3.05) is 32.3 Å². The van der Waals surface area contributed by atoms with Crippen LogP contribution < -0.4 is 14.4 Å². The zero-order chi connectivity index (χ0) is 16.9. The molecule has 7 nitrogen and oxygen atoms in total. The number of carbonyl (C=O) groups excluding carboxylic acids is 1. The Bertz CT molecular complexity index is 703. The van der Waals surface area contributed by atoms with Gasteiger partial charge in [0.1, 0.15) is 12.4 Å². The Labute approximate surface area is 139 Å². The second kappa shape index (κ2) is 7.29. The van der Waals surface area contributed by atoms with E-state index in [4.69, 9.17) is 18.9 Å². The maximum atomic E-state index is 12.5. The molecule has 0 N–H and O–H groups in total. The molecule has 0 aliphatic carbocycles. The van der Waals surface area contributed by atoms with Gasteiger partial charge in [-0.05, 0) is 24.3 Å². The number of pyridine rings is 1. The zero-order valence-electron chi connectivity index (χ0n) is 13.5. The molecule has 1 aliphatic heterocycles. The molecule has 2 heterocycles. The summed E-state index contributed by atoms with van der Waals surface area (Å²) < 4.78 is 21.4. The van der Waals surface area contributed by atoms with Gasteiger partial charge in [-0.2, -0.15) is 0 Å². The Morgan fingerprint density at radius 3 is 2.62 bits per heavy atom. The summed E-state index contributed by atoms with van der Waals surface area (Å²) in [6.07, 6.45) is -1.13. The highest BCUT2D eigenvalue weighted by atomic mass is 16.8. The van der Waals surface area contributed by atoms with Gasteiger partial charge in [-0.25, -0.2) is 9.78 Å². The van der Waals surface area contributed by atoms with Gasteiger partial charge in [0.2, 0.25) is 6.29 Å². The molecule has 0 spiro atoms. The number of ether oxygens (including phenoxy) is 4. The van der Waals surface area contributed by atoms with E-state index in [0.29, 0.717) is 36.2 Å². The van der Waals surface area contributed by atoms with Crippen LogP contribution in [0.25, 0.3) is 0 Å². The van der Waals surface area contributed by atoms with Gasteiger partial charge in [-0.1, -0.05) is 18.2 Å². The van der Waals surface area contributed by atoms with Crippen molar-refractivity contribution in [2.24, 2.45) is 0 Å². The normalized spacial score (nSPS) is 13.4. The lowest BCUT2D eigenvalue weighted by Gasteiger charge is -2.28. The molecule has 7 heteroatoms. The average Bonchev–Trinajstić information content (AvgIpc) is 2.63. The van der Waals surface area contributed by atoms with E-state index in [1.807, 2.05) is 6.07 Å². The van der Waals surface area contributed by atoms with Crippen LogP contribution in [0.5, 0.6) is 11.5 Å². The molecule has 1 amide bonds. The highest BCUT2D eigenvalue weighted by Crippen LogP contribution is 2.32. The molecule has 3 rings (SSSR count). The number of fused-ring (bicyclic) bond motifs is 1. The summed E-state index contributed by atoms with van der Waals surface area (Å²) in [6.45, 7) is 0.718. The maximum absolute atomic E-state index is 12.5. The Morgan fingerprint density at radius 1 is 1.17 bits per heavy atom. The second-order valence-electron chi connectivity index (χ2n) is 5.04. The number of hydrogen-bond donors (Lipinski definition) is 0. The van der Waals surface area contributed by atoms with Crippen LogP contribution in [0.15, 0.2) is 42.5 Å². The molecule has 24 heavy (non-hydrogen) atoms. The van der Waals surface area contributed by atoms with E-state index in [2.05, 4.69) is 4.98 Å². The number of aromatic nitrogens is 1. The third-order valence-corrected chi connectivity index (χ3v) is 3.53. The summed E-state index contributed by atoms with van der Waals surface area (Å²) in [6, 6.07) is 12.4. The smallest absolute Gasteiger partial charge is 0.421 e. The molecule has 0 saturated carbocycles. The third-order valence-electron chi connectivity index (χ3n) is 3.53. The first-order valence-corrected chi connectivity index (χ1v) is 7.46. The zero-order valence-corrected chi connectivity index (χ0v) is 13.5. The van der Waals surface area contributed by atoms with E-state index < -0.39 is 12.4 Å². The van der Waals surface area contributed by atoms with Crippen LogP contribution in [0.2, 0.25) is 0 Å². The molecule has 1 aromatic carbocycles. The predicted molar refractivity (Wildman–Crippen MR) is 86.3 cm³/mol. The standard InChI is InChI=1S/C17H18N2O5/c1-21-16(22-2)13-8-9-14-15(18-13)19(10-11-23-14)17(20)24-12-6-4-3-5-7-12/h3-9,16H,10-11H2,1-2H3/i16+1.